The first kappa shape index (κ1) is 17.7. The molecule has 0 spiro atoms. The molecule has 0 aliphatic rings. The molecule has 2 N–H and O–H groups in total. The van der Waals surface area contributed by atoms with E-state index in [0.29, 0.717) is 6.54 Å². The average molecular weight is 352 g/mol. The van der Waals surface area contributed by atoms with Crippen molar-refractivity contribution in [1.29, 1.82) is 0 Å². The van der Waals surface area contributed by atoms with Gasteiger partial charge >= 0.3 is 0 Å². The number of nitrogens with one attached hydrogen (secondary N) is 2. The molecule has 0 radical (unpaired) electrons. The molecular weight excluding hydrogens is 332 g/mol. The summed E-state index contributed by atoms with van der Waals surface area (Å²) < 4.78 is 26.8. The van der Waals surface area contributed by atoms with Crippen molar-refractivity contribution in [3.05, 3.63) is 52.4 Å². The van der Waals surface area contributed by atoms with Gasteiger partial charge in [-0.2, -0.15) is 0 Å². The minimum Gasteiger partial charge on any atom is -0.351 e. The van der Waals surface area contributed by atoms with Crippen LogP contribution in [0, 0.1) is 6.92 Å². The number of aryl methyl sites for hydroxylation is 2. The summed E-state index contributed by atoms with van der Waals surface area (Å²) in [6.07, 6.45) is 0.789. The minimum absolute atomic E-state index is 0.237. The highest BCUT2D eigenvalue weighted by molar-refractivity contribution is 7.91. The van der Waals surface area contributed by atoms with Crippen LogP contribution in [0.15, 0.2) is 40.6 Å². The molecule has 0 atom stereocenters. The number of rotatable bonds is 7. The lowest BCUT2D eigenvalue weighted by atomic mass is 10.1. The van der Waals surface area contributed by atoms with Crippen molar-refractivity contribution >= 4 is 27.3 Å². The summed E-state index contributed by atoms with van der Waals surface area (Å²) >= 11 is 1.22. The molecule has 1 aromatic heterocycles. The molecule has 0 aliphatic heterocycles. The lowest BCUT2D eigenvalue weighted by molar-refractivity contribution is -0.120. The van der Waals surface area contributed by atoms with Crippen LogP contribution in [0.5, 0.6) is 0 Å². The Morgan fingerprint density at radius 3 is 2.57 bits per heavy atom. The van der Waals surface area contributed by atoms with E-state index in [4.69, 9.17) is 0 Å². The van der Waals surface area contributed by atoms with Gasteiger partial charge in [-0.05, 0) is 36.6 Å². The highest BCUT2D eigenvalue weighted by Gasteiger charge is 2.17. The molecule has 0 bridgehead atoms. The fourth-order valence-electron chi connectivity index (χ4n) is 1.99. The lowest BCUT2D eigenvalue weighted by Crippen LogP contribution is -2.36. The minimum atomic E-state index is -3.63. The molecule has 1 amide bonds. The Kier molecular flexibility index (Phi) is 5.92. The Balaban J connectivity index is 1.87. The van der Waals surface area contributed by atoms with Crippen LogP contribution in [0.25, 0.3) is 0 Å². The normalized spacial score (nSPS) is 11.4. The molecule has 124 valence electrons. The predicted octanol–water partition coefficient (Wildman–Crippen LogP) is 2.21. The smallest absolute Gasteiger partial charge is 0.250 e. The predicted molar refractivity (Wildman–Crippen MR) is 91.9 cm³/mol. The molecule has 7 heteroatoms. The average Bonchev–Trinajstić information content (AvgIpc) is 3.02. The molecule has 0 unspecified atom stereocenters. The third-order valence-electron chi connectivity index (χ3n) is 3.41. The highest BCUT2D eigenvalue weighted by Crippen LogP contribution is 2.21. The topological polar surface area (TPSA) is 75.3 Å². The largest absolute Gasteiger partial charge is 0.351 e. The summed E-state index contributed by atoms with van der Waals surface area (Å²) in [6.45, 7) is 4.04. The van der Waals surface area contributed by atoms with Crippen LogP contribution in [-0.4, -0.2) is 20.9 Å². The van der Waals surface area contributed by atoms with Crippen LogP contribution in [0.1, 0.15) is 22.9 Å². The Hall–Kier alpha value is -1.70. The van der Waals surface area contributed by atoms with Gasteiger partial charge in [0.1, 0.15) is 4.21 Å². The molecule has 0 fully saturated rings. The summed E-state index contributed by atoms with van der Waals surface area (Å²) in [6, 6.07) is 11.1. The first-order valence-electron chi connectivity index (χ1n) is 7.32. The second-order valence-corrected chi connectivity index (χ2v) is 8.26. The van der Waals surface area contributed by atoms with Crippen molar-refractivity contribution in [3.63, 3.8) is 0 Å². The first-order chi connectivity index (χ1) is 10.9. The molecule has 23 heavy (non-hydrogen) atoms. The SMILES string of the molecule is CCc1ccc(S(=O)(=O)NCC(=O)NCc2ccccc2C)s1. The lowest BCUT2D eigenvalue weighted by Gasteiger charge is -2.08. The van der Waals surface area contributed by atoms with Crippen molar-refractivity contribution in [3.8, 4) is 0 Å². The summed E-state index contributed by atoms with van der Waals surface area (Å²) in [5, 5.41) is 2.72. The zero-order valence-corrected chi connectivity index (χ0v) is 14.8. The van der Waals surface area contributed by atoms with Crippen molar-refractivity contribution in [1.82, 2.24) is 10.0 Å². The van der Waals surface area contributed by atoms with E-state index in [-0.39, 0.29) is 16.7 Å². The van der Waals surface area contributed by atoms with Gasteiger partial charge in [0.25, 0.3) is 10.0 Å². The van der Waals surface area contributed by atoms with Gasteiger partial charge in [0.05, 0.1) is 6.54 Å². The molecule has 5 nitrogen and oxygen atoms in total. The maximum Gasteiger partial charge on any atom is 0.250 e. The standard InChI is InChI=1S/C16H20N2O3S2/c1-3-14-8-9-16(22-14)23(20,21)18-11-15(19)17-10-13-7-5-4-6-12(13)2/h4-9,18H,3,10-11H2,1-2H3,(H,17,19). The van der Waals surface area contributed by atoms with Crippen LogP contribution < -0.4 is 10.0 Å². The van der Waals surface area contributed by atoms with Crippen molar-refractivity contribution in [2.45, 2.75) is 31.0 Å². The van der Waals surface area contributed by atoms with Crippen LogP contribution in [-0.2, 0) is 27.8 Å². The number of benzene rings is 1. The van der Waals surface area contributed by atoms with Gasteiger partial charge in [-0.15, -0.1) is 11.3 Å². The summed E-state index contributed by atoms with van der Waals surface area (Å²) in [7, 11) is -3.63. The Labute approximate surface area is 140 Å². The Morgan fingerprint density at radius 1 is 1.17 bits per heavy atom. The van der Waals surface area contributed by atoms with Crippen molar-refractivity contribution in [2.75, 3.05) is 6.54 Å². The van der Waals surface area contributed by atoms with E-state index in [9.17, 15) is 13.2 Å². The van der Waals surface area contributed by atoms with Gasteiger partial charge in [0.15, 0.2) is 0 Å². The van der Waals surface area contributed by atoms with Crippen molar-refractivity contribution < 1.29 is 13.2 Å². The Bertz CT molecular complexity index is 782. The zero-order chi connectivity index (χ0) is 16.9. The van der Waals surface area contributed by atoms with Gasteiger partial charge in [-0.1, -0.05) is 31.2 Å². The van der Waals surface area contributed by atoms with Crippen molar-refractivity contribution in [2.24, 2.45) is 0 Å². The number of thiophene rings is 1. The first-order valence-corrected chi connectivity index (χ1v) is 9.62. The van der Waals surface area contributed by atoms with E-state index in [1.165, 1.54) is 11.3 Å². The third-order valence-corrected chi connectivity index (χ3v) is 6.53. The molecule has 2 rings (SSSR count). The Morgan fingerprint density at radius 2 is 1.91 bits per heavy atom. The van der Waals surface area contributed by atoms with Crippen LogP contribution in [0.2, 0.25) is 0 Å². The second kappa shape index (κ2) is 7.72. The number of hydrogen-bond donors (Lipinski definition) is 2. The molecular formula is C16H20N2O3S2. The number of amides is 1. The molecule has 1 aromatic carbocycles. The second-order valence-electron chi connectivity index (χ2n) is 5.10. The van der Waals surface area contributed by atoms with E-state index in [1.807, 2.05) is 38.1 Å². The van der Waals surface area contributed by atoms with Gasteiger partial charge in [0.2, 0.25) is 5.91 Å². The maximum absolute atomic E-state index is 12.1. The van der Waals surface area contributed by atoms with E-state index >= 15 is 0 Å². The fraction of sp³-hybridized carbons (Fsp3) is 0.312. The zero-order valence-electron chi connectivity index (χ0n) is 13.1. The molecule has 2 aromatic rings. The highest BCUT2D eigenvalue weighted by atomic mass is 32.2. The summed E-state index contributed by atoms with van der Waals surface area (Å²) in [5.74, 6) is -0.357. The maximum atomic E-state index is 12.1. The number of carbonyl (C=O) groups excluding carboxylic acids is 1. The van der Waals surface area contributed by atoms with Gasteiger partial charge < -0.3 is 5.32 Å². The third kappa shape index (κ3) is 4.89. The number of hydrogen-bond acceptors (Lipinski definition) is 4. The molecule has 0 aliphatic carbocycles. The van der Waals surface area contributed by atoms with E-state index in [2.05, 4.69) is 10.0 Å². The van der Waals surface area contributed by atoms with Gasteiger partial charge in [-0.25, -0.2) is 13.1 Å². The van der Waals surface area contributed by atoms with E-state index in [0.717, 1.165) is 22.4 Å². The van der Waals surface area contributed by atoms with Gasteiger partial charge in [-0.3, -0.25) is 4.79 Å². The van der Waals surface area contributed by atoms with Gasteiger partial charge in [0, 0.05) is 11.4 Å². The molecule has 0 saturated heterocycles. The quantitative estimate of drug-likeness (QED) is 0.802. The summed E-state index contributed by atoms with van der Waals surface area (Å²) in [5.41, 5.74) is 2.09. The van der Waals surface area contributed by atoms with E-state index < -0.39 is 10.0 Å². The monoisotopic (exact) mass is 352 g/mol. The van der Waals surface area contributed by atoms with Crippen LogP contribution >= 0.6 is 11.3 Å². The van der Waals surface area contributed by atoms with E-state index in [1.54, 1.807) is 12.1 Å². The fourth-order valence-corrected chi connectivity index (χ4v) is 4.31. The molecule has 0 saturated carbocycles. The number of carbonyl (C=O) groups is 1. The van der Waals surface area contributed by atoms with Crippen LogP contribution in [0.3, 0.4) is 0 Å². The number of sulfonamides is 1. The summed E-state index contributed by atoms with van der Waals surface area (Å²) in [4.78, 5) is 12.8. The van der Waals surface area contributed by atoms with Crippen LogP contribution in [0.4, 0.5) is 0 Å². The molecule has 1 heterocycles.